The molecule has 0 bridgehead atoms. The molecule has 9 heavy (non-hydrogen) atoms. The number of allylic oxidation sites excluding steroid dienone is 2. The maximum absolute atomic E-state index is 3.08. The van der Waals surface area contributed by atoms with Crippen LogP contribution in [0.3, 0.4) is 0 Å². The molecule has 0 radical (unpaired) electrons. The van der Waals surface area contributed by atoms with Crippen molar-refractivity contribution >= 4 is 0 Å². The van der Waals surface area contributed by atoms with Gasteiger partial charge in [0, 0.05) is 5.92 Å². The van der Waals surface area contributed by atoms with Crippen molar-refractivity contribution in [2.24, 2.45) is 5.92 Å². The Bertz CT molecular complexity index is 132. The summed E-state index contributed by atoms with van der Waals surface area (Å²) < 4.78 is 0. The lowest BCUT2D eigenvalue weighted by atomic mass is 10.1. The Morgan fingerprint density at radius 1 is 1.56 bits per heavy atom. The molecule has 0 aliphatic carbocycles. The lowest BCUT2D eigenvalue weighted by molar-refractivity contribution is 0.772. The van der Waals surface area contributed by atoms with Gasteiger partial charge in [0.15, 0.2) is 0 Å². The first-order chi connectivity index (χ1) is 4.31. The topological polar surface area (TPSA) is 0 Å². The third-order valence-electron chi connectivity index (χ3n) is 1.12. The molecule has 0 heterocycles. The van der Waals surface area contributed by atoms with Gasteiger partial charge in [0.25, 0.3) is 0 Å². The van der Waals surface area contributed by atoms with Gasteiger partial charge < -0.3 is 0 Å². The summed E-state index contributed by atoms with van der Waals surface area (Å²) in [6, 6.07) is 0. The molecule has 0 aromatic carbocycles. The van der Waals surface area contributed by atoms with Crippen molar-refractivity contribution in [2.45, 2.75) is 27.2 Å². The summed E-state index contributed by atoms with van der Waals surface area (Å²) in [6.07, 6.45) is 5.29. The minimum absolute atomic E-state index is 0.520. The number of rotatable bonds is 2. The molecule has 1 unspecified atom stereocenters. The molecule has 0 saturated heterocycles. The first-order valence-corrected chi connectivity index (χ1v) is 3.34. The highest BCUT2D eigenvalue weighted by molar-refractivity contribution is 5.01. The van der Waals surface area contributed by atoms with E-state index in [0.29, 0.717) is 5.92 Å². The Labute approximate surface area is 58.0 Å². The van der Waals surface area contributed by atoms with E-state index >= 15 is 0 Å². The molecule has 0 rings (SSSR count). The molecule has 0 fully saturated rings. The number of hydrogen-bond donors (Lipinski definition) is 0. The Hall–Kier alpha value is -0.700. The van der Waals surface area contributed by atoms with Crippen LogP contribution in [0.2, 0.25) is 0 Å². The van der Waals surface area contributed by atoms with Gasteiger partial charge >= 0.3 is 0 Å². The van der Waals surface area contributed by atoms with E-state index in [0.717, 1.165) is 6.42 Å². The molecule has 0 aromatic rings. The SMILES string of the molecule is CC#CC(C)CC=CC. The van der Waals surface area contributed by atoms with Crippen molar-refractivity contribution in [2.75, 3.05) is 0 Å². The molecule has 50 valence electrons. The molecule has 0 aliphatic heterocycles. The predicted octanol–water partition coefficient (Wildman–Crippen LogP) is 2.61. The smallest absolute Gasteiger partial charge is 0.0208 e. The zero-order chi connectivity index (χ0) is 7.11. The zero-order valence-electron chi connectivity index (χ0n) is 6.44. The molecule has 1 atom stereocenters. The summed E-state index contributed by atoms with van der Waals surface area (Å²) in [7, 11) is 0. The van der Waals surface area contributed by atoms with E-state index in [4.69, 9.17) is 0 Å². The first kappa shape index (κ1) is 8.30. The van der Waals surface area contributed by atoms with Crippen molar-refractivity contribution in [3.63, 3.8) is 0 Å². The molecule has 0 N–H and O–H groups in total. The van der Waals surface area contributed by atoms with Crippen LogP contribution in [0.1, 0.15) is 27.2 Å². The van der Waals surface area contributed by atoms with E-state index < -0.39 is 0 Å². The summed E-state index contributed by atoms with van der Waals surface area (Å²) >= 11 is 0. The van der Waals surface area contributed by atoms with Crippen LogP contribution < -0.4 is 0 Å². The van der Waals surface area contributed by atoms with Gasteiger partial charge in [0.1, 0.15) is 0 Å². The Morgan fingerprint density at radius 3 is 2.67 bits per heavy atom. The molecule has 0 spiro atoms. The summed E-state index contributed by atoms with van der Waals surface area (Å²) in [5.74, 6) is 6.49. The third-order valence-corrected chi connectivity index (χ3v) is 1.12. The average Bonchev–Trinajstić information content (AvgIpc) is 1.85. The van der Waals surface area contributed by atoms with Gasteiger partial charge in [-0.3, -0.25) is 0 Å². The standard InChI is InChI=1S/C9H14/c1-4-6-8-9(3)7-5-2/h4,6,9H,8H2,1-3H3. The van der Waals surface area contributed by atoms with Crippen LogP contribution in [0.15, 0.2) is 12.2 Å². The van der Waals surface area contributed by atoms with E-state index in [2.05, 4.69) is 30.9 Å². The van der Waals surface area contributed by atoms with E-state index in [1.54, 1.807) is 0 Å². The first-order valence-electron chi connectivity index (χ1n) is 3.34. The normalized spacial score (nSPS) is 12.8. The number of hydrogen-bond acceptors (Lipinski definition) is 0. The van der Waals surface area contributed by atoms with Crippen LogP contribution >= 0.6 is 0 Å². The van der Waals surface area contributed by atoms with Crippen LogP contribution in [-0.4, -0.2) is 0 Å². The highest BCUT2D eigenvalue weighted by atomic mass is 13.9. The summed E-state index contributed by atoms with van der Waals surface area (Å²) in [5.41, 5.74) is 0. The maximum Gasteiger partial charge on any atom is 0.0208 e. The Balaban J connectivity index is 3.46. The van der Waals surface area contributed by atoms with Crippen molar-refractivity contribution < 1.29 is 0 Å². The monoisotopic (exact) mass is 122 g/mol. The van der Waals surface area contributed by atoms with Gasteiger partial charge in [-0.2, -0.15) is 0 Å². The van der Waals surface area contributed by atoms with Crippen LogP contribution in [-0.2, 0) is 0 Å². The van der Waals surface area contributed by atoms with Gasteiger partial charge in [0.2, 0.25) is 0 Å². The van der Waals surface area contributed by atoms with Gasteiger partial charge in [-0.1, -0.05) is 19.1 Å². The van der Waals surface area contributed by atoms with Crippen LogP contribution in [0.5, 0.6) is 0 Å². The highest BCUT2D eigenvalue weighted by Gasteiger charge is 1.89. The molecule has 0 heteroatoms. The quantitative estimate of drug-likeness (QED) is 0.390. The molecular weight excluding hydrogens is 108 g/mol. The Kier molecular flexibility index (Phi) is 5.01. The van der Waals surface area contributed by atoms with Crippen LogP contribution in [0, 0.1) is 17.8 Å². The average molecular weight is 122 g/mol. The van der Waals surface area contributed by atoms with E-state index in [9.17, 15) is 0 Å². The molecule has 0 aliphatic rings. The van der Waals surface area contributed by atoms with E-state index in [-0.39, 0.29) is 0 Å². The zero-order valence-corrected chi connectivity index (χ0v) is 6.44. The second-order valence-corrected chi connectivity index (χ2v) is 2.10. The largest absolute Gasteiger partial charge is 0.106 e. The van der Waals surface area contributed by atoms with Gasteiger partial charge in [-0.15, -0.1) is 11.8 Å². The maximum atomic E-state index is 3.08. The van der Waals surface area contributed by atoms with Gasteiger partial charge in [-0.25, -0.2) is 0 Å². The minimum atomic E-state index is 0.520. The summed E-state index contributed by atoms with van der Waals surface area (Å²) in [4.78, 5) is 0. The van der Waals surface area contributed by atoms with Crippen LogP contribution in [0.25, 0.3) is 0 Å². The van der Waals surface area contributed by atoms with E-state index in [1.165, 1.54) is 0 Å². The second-order valence-electron chi connectivity index (χ2n) is 2.10. The molecule has 0 aromatic heterocycles. The fourth-order valence-electron chi connectivity index (χ4n) is 0.646. The molecule has 0 amide bonds. The fourth-order valence-corrected chi connectivity index (χ4v) is 0.646. The predicted molar refractivity (Wildman–Crippen MR) is 42.0 cm³/mol. The molecular formula is C9H14. The highest BCUT2D eigenvalue weighted by Crippen LogP contribution is 1.99. The van der Waals surface area contributed by atoms with E-state index in [1.807, 2.05) is 13.8 Å². The van der Waals surface area contributed by atoms with Crippen molar-refractivity contribution in [3.8, 4) is 11.8 Å². The molecule has 0 saturated carbocycles. The Morgan fingerprint density at radius 2 is 2.22 bits per heavy atom. The minimum Gasteiger partial charge on any atom is -0.106 e. The fraction of sp³-hybridized carbons (Fsp3) is 0.556. The lowest BCUT2D eigenvalue weighted by Gasteiger charge is -1.94. The third kappa shape index (κ3) is 5.17. The van der Waals surface area contributed by atoms with Crippen molar-refractivity contribution in [3.05, 3.63) is 12.2 Å². The van der Waals surface area contributed by atoms with Crippen molar-refractivity contribution in [1.29, 1.82) is 0 Å². The van der Waals surface area contributed by atoms with Crippen LogP contribution in [0.4, 0.5) is 0 Å². The van der Waals surface area contributed by atoms with Gasteiger partial charge in [-0.05, 0) is 20.3 Å². The summed E-state index contributed by atoms with van der Waals surface area (Å²) in [6.45, 7) is 6.05. The lowest BCUT2D eigenvalue weighted by Crippen LogP contribution is -1.85. The molecule has 0 nitrogen and oxygen atoms in total. The van der Waals surface area contributed by atoms with Gasteiger partial charge in [0.05, 0.1) is 0 Å². The van der Waals surface area contributed by atoms with Crippen molar-refractivity contribution in [1.82, 2.24) is 0 Å². The second kappa shape index (κ2) is 5.44. The summed E-state index contributed by atoms with van der Waals surface area (Å²) in [5, 5.41) is 0.